The Morgan fingerprint density at radius 3 is 2.88 bits per heavy atom. The van der Waals surface area contributed by atoms with Gasteiger partial charge in [-0.05, 0) is 55.4 Å². The van der Waals surface area contributed by atoms with E-state index < -0.39 is 0 Å². The third kappa shape index (κ3) is 1.97. The zero-order chi connectivity index (χ0) is 11.7. The lowest BCUT2D eigenvalue weighted by molar-refractivity contribution is -0.117. The van der Waals surface area contributed by atoms with Gasteiger partial charge in [-0.25, -0.2) is 0 Å². The smallest absolute Gasteiger partial charge is 0.129 e. The molecular weight excluding hydrogens is 200 g/mol. The number of hydrogen-bond acceptors (Lipinski definition) is 2. The Labute approximate surface area is 96.6 Å². The molecule has 1 aliphatic carbocycles. The monoisotopic (exact) mass is 218 g/mol. The molecule has 86 valence electrons. The predicted octanol–water partition coefficient (Wildman–Crippen LogP) is 3.01. The summed E-state index contributed by atoms with van der Waals surface area (Å²) in [5, 5.41) is 0. The van der Waals surface area contributed by atoms with Crippen molar-refractivity contribution < 1.29 is 9.53 Å². The van der Waals surface area contributed by atoms with Crippen LogP contribution < -0.4 is 4.74 Å². The SMILES string of the molecule is COc1cc2c(cc1C)[C@@H](CCC(C)=O)C2. The van der Waals surface area contributed by atoms with E-state index in [0.717, 1.165) is 18.6 Å². The maximum Gasteiger partial charge on any atom is 0.129 e. The average Bonchev–Trinajstić information content (AvgIpc) is 2.22. The van der Waals surface area contributed by atoms with Gasteiger partial charge in [0.15, 0.2) is 0 Å². The van der Waals surface area contributed by atoms with Crippen LogP contribution in [0.15, 0.2) is 12.1 Å². The summed E-state index contributed by atoms with van der Waals surface area (Å²) in [6.45, 7) is 3.73. The molecule has 2 nitrogen and oxygen atoms in total. The number of rotatable bonds is 4. The topological polar surface area (TPSA) is 26.3 Å². The molecule has 2 heteroatoms. The molecule has 0 aromatic heterocycles. The van der Waals surface area contributed by atoms with Gasteiger partial charge < -0.3 is 9.53 Å². The van der Waals surface area contributed by atoms with Crippen molar-refractivity contribution in [1.29, 1.82) is 0 Å². The van der Waals surface area contributed by atoms with Gasteiger partial charge in [0.05, 0.1) is 7.11 Å². The molecular formula is C14H18O2. The minimum Gasteiger partial charge on any atom is -0.496 e. The second-order valence-electron chi connectivity index (χ2n) is 4.66. The van der Waals surface area contributed by atoms with Crippen LogP contribution in [0.5, 0.6) is 5.75 Å². The summed E-state index contributed by atoms with van der Waals surface area (Å²) in [5.41, 5.74) is 3.99. The van der Waals surface area contributed by atoms with Crippen molar-refractivity contribution in [1.82, 2.24) is 0 Å². The van der Waals surface area contributed by atoms with Gasteiger partial charge in [0.1, 0.15) is 11.5 Å². The molecule has 2 rings (SSSR count). The van der Waals surface area contributed by atoms with Crippen molar-refractivity contribution in [2.45, 2.75) is 39.0 Å². The average molecular weight is 218 g/mol. The molecule has 16 heavy (non-hydrogen) atoms. The van der Waals surface area contributed by atoms with Crippen LogP contribution in [0.4, 0.5) is 0 Å². The molecule has 1 atom stereocenters. The molecule has 0 aliphatic heterocycles. The summed E-state index contributed by atoms with van der Waals surface area (Å²) < 4.78 is 5.29. The number of aryl methyl sites for hydroxylation is 1. The fourth-order valence-electron chi connectivity index (χ4n) is 2.41. The van der Waals surface area contributed by atoms with Gasteiger partial charge in [-0.2, -0.15) is 0 Å². The van der Waals surface area contributed by atoms with E-state index in [1.807, 2.05) is 0 Å². The maximum atomic E-state index is 10.9. The lowest BCUT2D eigenvalue weighted by Crippen LogP contribution is -2.18. The van der Waals surface area contributed by atoms with E-state index in [1.165, 1.54) is 16.7 Å². The number of benzene rings is 1. The summed E-state index contributed by atoms with van der Waals surface area (Å²) in [6, 6.07) is 4.34. The second kappa shape index (κ2) is 4.28. The molecule has 0 heterocycles. The third-order valence-electron chi connectivity index (χ3n) is 3.41. The lowest BCUT2D eigenvalue weighted by atomic mass is 9.74. The second-order valence-corrected chi connectivity index (χ2v) is 4.66. The molecule has 0 amide bonds. The number of fused-ring (bicyclic) bond motifs is 1. The van der Waals surface area contributed by atoms with Crippen LogP contribution in [0.25, 0.3) is 0 Å². The highest BCUT2D eigenvalue weighted by molar-refractivity contribution is 5.75. The highest BCUT2D eigenvalue weighted by Gasteiger charge is 2.27. The summed E-state index contributed by atoms with van der Waals surface area (Å²) in [6.07, 6.45) is 2.79. The molecule has 0 spiro atoms. The zero-order valence-electron chi connectivity index (χ0n) is 10.2. The van der Waals surface area contributed by atoms with Gasteiger partial charge >= 0.3 is 0 Å². The molecule has 1 aromatic rings. The normalized spacial score (nSPS) is 17.6. The number of carbonyl (C=O) groups is 1. The van der Waals surface area contributed by atoms with Crippen LogP contribution in [0, 0.1) is 6.92 Å². The number of ether oxygens (including phenoxy) is 1. The number of methoxy groups -OCH3 is 1. The minimum absolute atomic E-state index is 0.290. The van der Waals surface area contributed by atoms with E-state index in [-0.39, 0.29) is 0 Å². The minimum atomic E-state index is 0.290. The van der Waals surface area contributed by atoms with Gasteiger partial charge in [-0.15, -0.1) is 0 Å². The molecule has 1 aromatic carbocycles. The predicted molar refractivity (Wildman–Crippen MR) is 64.1 cm³/mol. The highest BCUT2D eigenvalue weighted by atomic mass is 16.5. The van der Waals surface area contributed by atoms with E-state index in [2.05, 4.69) is 19.1 Å². The van der Waals surface area contributed by atoms with Gasteiger partial charge in [0.2, 0.25) is 0 Å². The fraction of sp³-hybridized carbons (Fsp3) is 0.500. The third-order valence-corrected chi connectivity index (χ3v) is 3.41. The first-order valence-electron chi connectivity index (χ1n) is 5.78. The first-order chi connectivity index (χ1) is 7.61. The Hall–Kier alpha value is -1.31. The van der Waals surface area contributed by atoms with Crippen molar-refractivity contribution in [3.63, 3.8) is 0 Å². The first-order valence-corrected chi connectivity index (χ1v) is 5.78. The number of Topliss-reactive ketones (excluding diaryl/α,β-unsaturated/α-hetero) is 1. The van der Waals surface area contributed by atoms with Crippen LogP contribution >= 0.6 is 0 Å². The lowest BCUT2D eigenvalue weighted by Gasteiger charge is -2.31. The van der Waals surface area contributed by atoms with E-state index in [0.29, 0.717) is 18.1 Å². The van der Waals surface area contributed by atoms with Crippen LogP contribution in [0.2, 0.25) is 0 Å². The largest absolute Gasteiger partial charge is 0.496 e. The van der Waals surface area contributed by atoms with Gasteiger partial charge in [-0.3, -0.25) is 0 Å². The Bertz CT molecular complexity index is 421. The maximum absolute atomic E-state index is 10.9. The Morgan fingerprint density at radius 2 is 2.25 bits per heavy atom. The van der Waals surface area contributed by atoms with Gasteiger partial charge in [0.25, 0.3) is 0 Å². The van der Waals surface area contributed by atoms with Gasteiger partial charge in [0, 0.05) is 6.42 Å². The summed E-state index contributed by atoms with van der Waals surface area (Å²) in [4.78, 5) is 10.9. The summed E-state index contributed by atoms with van der Waals surface area (Å²) in [5.74, 6) is 1.85. The summed E-state index contributed by atoms with van der Waals surface area (Å²) >= 11 is 0. The van der Waals surface area contributed by atoms with Crippen LogP contribution in [-0.2, 0) is 11.2 Å². The van der Waals surface area contributed by atoms with E-state index in [4.69, 9.17) is 4.74 Å². The van der Waals surface area contributed by atoms with Gasteiger partial charge in [-0.1, -0.05) is 6.07 Å². The zero-order valence-corrected chi connectivity index (χ0v) is 10.2. The number of carbonyl (C=O) groups excluding carboxylic acids is 1. The molecule has 0 saturated heterocycles. The van der Waals surface area contributed by atoms with Crippen LogP contribution in [0.3, 0.4) is 0 Å². The molecule has 0 unspecified atom stereocenters. The quantitative estimate of drug-likeness (QED) is 0.776. The van der Waals surface area contributed by atoms with Crippen molar-refractivity contribution in [2.75, 3.05) is 7.11 Å². The first kappa shape index (κ1) is 11.2. The molecule has 0 fully saturated rings. The van der Waals surface area contributed by atoms with E-state index in [9.17, 15) is 4.79 Å². The Kier molecular flexibility index (Phi) is 2.99. The molecule has 0 bridgehead atoms. The van der Waals surface area contributed by atoms with Crippen molar-refractivity contribution >= 4 is 5.78 Å². The fourth-order valence-corrected chi connectivity index (χ4v) is 2.41. The number of ketones is 1. The van der Waals surface area contributed by atoms with Crippen LogP contribution in [-0.4, -0.2) is 12.9 Å². The summed E-state index contributed by atoms with van der Waals surface area (Å²) in [7, 11) is 1.71. The molecule has 0 N–H and O–H groups in total. The van der Waals surface area contributed by atoms with Crippen molar-refractivity contribution in [3.05, 3.63) is 28.8 Å². The highest BCUT2D eigenvalue weighted by Crippen LogP contribution is 2.41. The standard InChI is InChI=1S/C14H18O2/c1-9-6-13-11(5-4-10(2)15)7-12(13)8-14(9)16-3/h6,8,11H,4-5,7H2,1-3H3/t11-/m0/s1. The Balaban J connectivity index is 2.11. The van der Waals surface area contributed by atoms with Crippen molar-refractivity contribution in [3.8, 4) is 5.75 Å². The Morgan fingerprint density at radius 1 is 1.50 bits per heavy atom. The van der Waals surface area contributed by atoms with E-state index in [1.54, 1.807) is 14.0 Å². The molecule has 0 saturated carbocycles. The number of hydrogen-bond donors (Lipinski definition) is 0. The molecule has 0 radical (unpaired) electrons. The van der Waals surface area contributed by atoms with Crippen LogP contribution in [0.1, 0.15) is 42.4 Å². The molecule has 1 aliphatic rings. The van der Waals surface area contributed by atoms with Crippen molar-refractivity contribution in [2.24, 2.45) is 0 Å². The van der Waals surface area contributed by atoms with E-state index >= 15 is 0 Å².